The van der Waals surface area contributed by atoms with Crippen LogP contribution >= 0.6 is 0 Å². The number of benzene rings is 2. The Hall–Kier alpha value is -5.07. The Morgan fingerprint density at radius 2 is 1.46 bits per heavy atom. The fourth-order valence-corrected chi connectivity index (χ4v) is 5.27. The maximum atomic E-state index is 13.8. The summed E-state index contributed by atoms with van der Waals surface area (Å²) in [6.07, 6.45) is 3.33. The highest BCUT2D eigenvalue weighted by Gasteiger charge is 2.28. The van der Waals surface area contributed by atoms with Crippen LogP contribution in [0, 0.1) is 0 Å². The summed E-state index contributed by atoms with van der Waals surface area (Å²) in [5.74, 6) is -1.26. The van der Waals surface area contributed by atoms with E-state index < -0.39 is 41.7 Å². The van der Waals surface area contributed by atoms with E-state index in [9.17, 15) is 24.0 Å². The number of nitrogens with one attached hydrogen (secondary N) is 4. The molecular formula is C37H51N5O8. The number of fused-ring (bicyclic) bond motifs is 1. The number of rotatable bonds is 18. The highest BCUT2D eigenvalue weighted by molar-refractivity contribution is 5.92. The molecule has 272 valence electrons. The molecule has 0 saturated heterocycles. The number of esters is 1. The Bertz CT molecular complexity index is 1570. The monoisotopic (exact) mass is 693 g/mol. The van der Waals surface area contributed by atoms with Gasteiger partial charge in [-0.15, -0.1) is 0 Å². The zero-order valence-corrected chi connectivity index (χ0v) is 29.7. The number of hydrogen-bond donors (Lipinski definition) is 4. The van der Waals surface area contributed by atoms with E-state index in [2.05, 4.69) is 26.0 Å². The lowest BCUT2D eigenvalue weighted by Crippen LogP contribution is -2.54. The standard InChI is InChI=1S/C37H51N5O8/c1-37(2,3)50-35(46)39-22-13-11-18-29(41-36(47)49-25-26-15-7-6-8-16-26)34(45)40-30(33(44)38-21-14-12-20-32(43)48-5)23-27-24-42(4)31-19-10-9-17-28(27)31/h6-10,15-17,19,24,29-30H,11-14,18,20-23,25H2,1-5H3,(H,38,44)(H,39,46)(H,40,45)(H,41,47)/t29-,30-/m0/s1. The van der Waals surface area contributed by atoms with Crippen LogP contribution in [0.4, 0.5) is 9.59 Å². The molecule has 0 bridgehead atoms. The van der Waals surface area contributed by atoms with Crippen LogP contribution in [0.3, 0.4) is 0 Å². The molecule has 0 aliphatic heterocycles. The molecule has 13 heteroatoms. The predicted molar refractivity (Wildman–Crippen MR) is 189 cm³/mol. The smallest absolute Gasteiger partial charge is 0.408 e. The summed E-state index contributed by atoms with van der Waals surface area (Å²) in [4.78, 5) is 63.8. The molecule has 4 amide bonds. The molecule has 0 aliphatic carbocycles. The first-order chi connectivity index (χ1) is 23.9. The van der Waals surface area contributed by atoms with Crippen molar-refractivity contribution in [3.05, 3.63) is 71.9 Å². The van der Waals surface area contributed by atoms with Crippen molar-refractivity contribution in [3.8, 4) is 0 Å². The number of aryl methyl sites for hydroxylation is 1. The Morgan fingerprint density at radius 3 is 2.18 bits per heavy atom. The molecule has 0 fully saturated rings. The van der Waals surface area contributed by atoms with Crippen molar-refractivity contribution in [2.45, 2.75) is 90.0 Å². The number of methoxy groups -OCH3 is 1. The number of carbonyl (C=O) groups excluding carboxylic acids is 5. The highest BCUT2D eigenvalue weighted by atomic mass is 16.6. The van der Waals surface area contributed by atoms with Gasteiger partial charge >= 0.3 is 18.2 Å². The Morgan fingerprint density at radius 1 is 0.780 bits per heavy atom. The topological polar surface area (TPSA) is 166 Å². The maximum Gasteiger partial charge on any atom is 0.408 e. The van der Waals surface area contributed by atoms with E-state index in [4.69, 9.17) is 9.47 Å². The van der Waals surface area contributed by atoms with Crippen molar-refractivity contribution in [1.29, 1.82) is 0 Å². The maximum absolute atomic E-state index is 13.8. The fourth-order valence-electron chi connectivity index (χ4n) is 5.27. The largest absolute Gasteiger partial charge is 0.469 e. The number of hydrogen-bond acceptors (Lipinski definition) is 8. The summed E-state index contributed by atoms with van der Waals surface area (Å²) >= 11 is 0. The summed E-state index contributed by atoms with van der Waals surface area (Å²) in [7, 11) is 3.25. The second-order valence-corrected chi connectivity index (χ2v) is 13.1. The third-order valence-electron chi connectivity index (χ3n) is 7.78. The van der Waals surface area contributed by atoms with Crippen LogP contribution in [0.15, 0.2) is 60.8 Å². The van der Waals surface area contributed by atoms with Gasteiger partial charge in [0, 0.05) is 50.1 Å². The molecule has 50 heavy (non-hydrogen) atoms. The molecule has 1 aromatic heterocycles. The van der Waals surface area contributed by atoms with E-state index >= 15 is 0 Å². The van der Waals surface area contributed by atoms with Crippen LogP contribution in [0.5, 0.6) is 0 Å². The zero-order chi connectivity index (χ0) is 36.5. The Labute approximate surface area is 293 Å². The summed E-state index contributed by atoms with van der Waals surface area (Å²) in [6, 6.07) is 15.0. The molecule has 0 unspecified atom stereocenters. The highest BCUT2D eigenvalue weighted by Crippen LogP contribution is 2.22. The van der Waals surface area contributed by atoms with Crippen molar-refractivity contribution in [2.75, 3.05) is 20.2 Å². The van der Waals surface area contributed by atoms with Gasteiger partial charge in [-0.2, -0.15) is 0 Å². The van der Waals surface area contributed by atoms with Gasteiger partial charge in [0.2, 0.25) is 11.8 Å². The van der Waals surface area contributed by atoms with E-state index in [0.29, 0.717) is 38.8 Å². The van der Waals surface area contributed by atoms with Crippen molar-refractivity contribution in [3.63, 3.8) is 0 Å². The van der Waals surface area contributed by atoms with Crippen molar-refractivity contribution >= 4 is 40.9 Å². The quantitative estimate of drug-likeness (QED) is 0.0849. The molecule has 4 N–H and O–H groups in total. The molecule has 3 aromatic rings. The summed E-state index contributed by atoms with van der Waals surface area (Å²) in [6.45, 7) is 5.95. The summed E-state index contributed by atoms with van der Waals surface area (Å²) in [5, 5.41) is 12.1. The van der Waals surface area contributed by atoms with E-state index in [1.165, 1.54) is 7.11 Å². The average molecular weight is 694 g/mol. The molecule has 0 saturated carbocycles. The van der Waals surface area contributed by atoms with Gasteiger partial charge in [-0.05, 0) is 70.1 Å². The van der Waals surface area contributed by atoms with Crippen LogP contribution < -0.4 is 21.3 Å². The average Bonchev–Trinajstić information content (AvgIpc) is 3.40. The van der Waals surface area contributed by atoms with Gasteiger partial charge in [0.05, 0.1) is 7.11 Å². The number of unbranched alkanes of at least 4 members (excludes halogenated alkanes) is 2. The Balaban J connectivity index is 1.72. The number of ether oxygens (including phenoxy) is 3. The van der Waals surface area contributed by atoms with Crippen molar-refractivity contribution < 1.29 is 38.2 Å². The Kier molecular flexibility index (Phi) is 15.6. The number of carbonyl (C=O) groups is 5. The van der Waals surface area contributed by atoms with Crippen LogP contribution in [0.2, 0.25) is 0 Å². The van der Waals surface area contributed by atoms with Crippen LogP contribution in [-0.2, 0) is 48.7 Å². The number of aromatic nitrogens is 1. The second kappa shape index (κ2) is 19.8. The fraction of sp³-hybridized carbons (Fsp3) is 0.486. The number of alkyl carbamates (subject to hydrolysis) is 2. The first-order valence-electron chi connectivity index (χ1n) is 17.0. The third-order valence-corrected chi connectivity index (χ3v) is 7.78. The minimum Gasteiger partial charge on any atom is -0.469 e. The van der Waals surface area contributed by atoms with Crippen molar-refractivity contribution in [1.82, 2.24) is 25.8 Å². The third kappa shape index (κ3) is 13.8. The van der Waals surface area contributed by atoms with Gasteiger partial charge in [-0.1, -0.05) is 48.5 Å². The van der Waals surface area contributed by atoms with E-state index in [1.807, 2.05) is 72.4 Å². The molecule has 0 aliphatic rings. The van der Waals surface area contributed by atoms with Gasteiger partial charge in [-0.3, -0.25) is 14.4 Å². The zero-order valence-electron chi connectivity index (χ0n) is 29.7. The number of nitrogens with zero attached hydrogens (tertiary/aromatic N) is 1. The van der Waals surface area contributed by atoms with Gasteiger partial charge in [0.1, 0.15) is 24.3 Å². The molecule has 13 nitrogen and oxygen atoms in total. The summed E-state index contributed by atoms with van der Waals surface area (Å²) < 4.78 is 17.3. The van der Waals surface area contributed by atoms with Crippen LogP contribution in [0.1, 0.15) is 70.4 Å². The molecule has 1 heterocycles. The first-order valence-corrected chi connectivity index (χ1v) is 17.0. The summed E-state index contributed by atoms with van der Waals surface area (Å²) in [5.41, 5.74) is 2.01. The second-order valence-electron chi connectivity index (χ2n) is 13.1. The van der Waals surface area contributed by atoms with E-state index in [-0.39, 0.29) is 31.8 Å². The van der Waals surface area contributed by atoms with Crippen LogP contribution in [-0.4, -0.2) is 72.4 Å². The van der Waals surface area contributed by atoms with Gasteiger partial charge in [0.15, 0.2) is 0 Å². The van der Waals surface area contributed by atoms with Crippen LogP contribution in [0.25, 0.3) is 10.9 Å². The van der Waals surface area contributed by atoms with Gasteiger partial charge in [-0.25, -0.2) is 9.59 Å². The molecule has 0 radical (unpaired) electrons. The number of amides is 4. The lowest BCUT2D eigenvalue weighted by atomic mass is 10.0. The molecule has 0 spiro atoms. The normalized spacial score (nSPS) is 12.3. The SMILES string of the molecule is COC(=O)CCCCNC(=O)[C@H](Cc1cn(C)c2ccccc12)NC(=O)[C@H](CCCCNC(=O)OC(C)(C)C)NC(=O)OCc1ccccc1. The molecule has 2 atom stereocenters. The lowest BCUT2D eigenvalue weighted by Gasteiger charge is -2.23. The minimum atomic E-state index is -1.03. The molecule has 3 rings (SSSR count). The van der Waals surface area contributed by atoms with Gasteiger partial charge < -0.3 is 40.0 Å². The predicted octanol–water partition coefficient (Wildman–Crippen LogP) is 4.66. The first kappa shape index (κ1) is 39.4. The minimum absolute atomic E-state index is 0.0168. The van der Waals surface area contributed by atoms with Crippen molar-refractivity contribution in [2.24, 2.45) is 7.05 Å². The van der Waals surface area contributed by atoms with Gasteiger partial charge in [0.25, 0.3) is 0 Å². The lowest BCUT2D eigenvalue weighted by molar-refractivity contribution is -0.140. The van der Waals surface area contributed by atoms with E-state index in [0.717, 1.165) is 22.0 Å². The molecule has 2 aromatic carbocycles. The molecular weight excluding hydrogens is 642 g/mol. The van der Waals surface area contributed by atoms with E-state index in [1.54, 1.807) is 20.8 Å². The number of para-hydroxylation sites is 1.